The van der Waals surface area contributed by atoms with Crippen LogP contribution in [0.2, 0.25) is 0 Å². The number of anilines is 2. The lowest BCUT2D eigenvalue weighted by Gasteiger charge is -2.18. The van der Waals surface area contributed by atoms with E-state index < -0.39 is 35.6 Å². The van der Waals surface area contributed by atoms with Crippen molar-refractivity contribution < 1.29 is 27.8 Å². The molecule has 1 aromatic rings. The van der Waals surface area contributed by atoms with Crippen LogP contribution in [-0.2, 0) is 9.47 Å². The lowest BCUT2D eigenvalue weighted by Crippen LogP contribution is -2.32. The number of cyclic esters (lactones) is 2. The number of rotatable bonds is 6. The highest BCUT2D eigenvalue weighted by molar-refractivity contribution is 7.79. The van der Waals surface area contributed by atoms with Crippen molar-refractivity contribution >= 4 is 41.1 Å². The molecular weight excluding hydrogens is 356 g/mol. The van der Waals surface area contributed by atoms with Crippen LogP contribution in [-0.4, -0.2) is 56.4 Å². The van der Waals surface area contributed by atoms with Gasteiger partial charge in [0.1, 0.15) is 18.4 Å². The predicted octanol–water partition coefficient (Wildman–Crippen LogP) is 1.84. The maximum absolute atomic E-state index is 14.4. The van der Waals surface area contributed by atoms with Gasteiger partial charge in [-0.1, -0.05) is 12.2 Å². The first-order valence-electron chi connectivity index (χ1n) is 7.57. The zero-order valence-corrected chi connectivity index (χ0v) is 13.9. The van der Waals surface area contributed by atoms with Crippen molar-refractivity contribution in [3.8, 4) is 0 Å². The predicted molar refractivity (Wildman–Crippen MR) is 89.2 cm³/mol. The number of amides is 2. The highest BCUT2D eigenvalue weighted by Gasteiger charge is 2.34. The van der Waals surface area contributed by atoms with Gasteiger partial charge in [-0.15, -0.1) is 0 Å². The molecule has 2 amide bonds. The van der Waals surface area contributed by atoms with Crippen LogP contribution < -0.4 is 15.1 Å². The van der Waals surface area contributed by atoms with Gasteiger partial charge in [0.2, 0.25) is 0 Å². The first kappa shape index (κ1) is 17.5. The largest absolute Gasteiger partial charge is 0.447 e. The summed E-state index contributed by atoms with van der Waals surface area (Å²) in [5.41, 5.74) is -0.466. The minimum atomic E-state index is -0.955. The Kier molecular flexibility index (Phi) is 5.09. The molecule has 0 unspecified atom stereocenters. The third kappa shape index (κ3) is 3.54. The first-order chi connectivity index (χ1) is 12.0. The fourth-order valence-corrected chi connectivity index (χ4v) is 2.82. The first-order valence-corrected chi connectivity index (χ1v) is 8.04. The third-order valence-electron chi connectivity index (χ3n) is 3.82. The Bertz CT molecular complexity index is 695. The molecule has 0 aromatic heterocycles. The molecule has 25 heavy (non-hydrogen) atoms. The average Bonchev–Trinajstić information content (AvgIpc) is 3.13. The average molecular weight is 371 g/mol. The molecule has 1 N–H and O–H groups in total. The highest BCUT2D eigenvalue weighted by Crippen LogP contribution is 2.32. The summed E-state index contributed by atoms with van der Waals surface area (Å²) >= 11 is 4.68. The Labute approximate surface area is 147 Å². The number of carbonyl (C=O) groups excluding carboxylic acids is 2. The topological polar surface area (TPSA) is 71.1 Å². The molecule has 2 fully saturated rings. The molecule has 0 spiro atoms. The molecule has 2 saturated heterocycles. The number of benzene rings is 1. The SMILES string of the molecule is O=C1O[C@@H](CNCC=S)CN1c1cc(F)c(N2CCOC2=O)c(F)c1. The third-order valence-corrected chi connectivity index (χ3v) is 3.98. The number of thiocarbonyl (C=S) groups is 1. The number of nitrogens with zero attached hydrogens (tertiary/aromatic N) is 2. The van der Waals surface area contributed by atoms with E-state index in [1.807, 2.05) is 0 Å². The van der Waals surface area contributed by atoms with Crippen LogP contribution in [0.3, 0.4) is 0 Å². The molecule has 1 atom stereocenters. The van der Waals surface area contributed by atoms with Gasteiger partial charge in [0.05, 0.1) is 18.8 Å². The van der Waals surface area contributed by atoms with Gasteiger partial charge in [-0.05, 0) is 5.37 Å². The van der Waals surface area contributed by atoms with E-state index in [2.05, 4.69) is 22.3 Å². The Hall–Kier alpha value is -2.33. The Morgan fingerprint density at radius 1 is 1.24 bits per heavy atom. The summed E-state index contributed by atoms with van der Waals surface area (Å²) in [4.78, 5) is 25.5. The van der Waals surface area contributed by atoms with Gasteiger partial charge in [-0.3, -0.25) is 9.80 Å². The summed E-state index contributed by atoms with van der Waals surface area (Å²) in [5, 5.41) is 4.47. The van der Waals surface area contributed by atoms with Gasteiger partial charge in [0.15, 0.2) is 11.6 Å². The molecular formula is C15H15F2N3O4S. The number of carbonyl (C=O) groups is 2. The number of nitrogens with one attached hydrogen (secondary N) is 1. The second kappa shape index (κ2) is 7.28. The molecule has 0 aliphatic carbocycles. The molecule has 2 aliphatic heterocycles. The fraction of sp³-hybridized carbons (Fsp3) is 0.400. The van der Waals surface area contributed by atoms with Crippen molar-refractivity contribution in [3.05, 3.63) is 23.8 Å². The molecule has 7 nitrogen and oxygen atoms in total. The molecule has 3 rings (SSSR count). The molecule has 134 valence electrons. The normalized spacial score (nSPS) is 20.0. The van der Waals surface area contributed by atoms with Gasteiger partial charge in [0, 0.05) is 25.2 Å². The molecule has 2 aliphatic rings. The van der Waals surface area contributed by atoms with Crippen molar-refractivity contribution in [1.82, 2.24) is 5.32 Å². The van der Waals surface area contributed by atoms with Crippen LogP contribution in [0.15, 0.2) is 12.1 Å². The smallest absolute Gasteiger partial charge is 0.414 e. The molecule has 10 heteroatoms. The van der Waals surface area contributed by atoms with Crippen molar-refractivity contribution in [3.63, 3.8) is 0 Å². The van der Waals surface area contributed by atoms with E-state index in [-0.39, 0.29) is 25.4 Å². The standard InChI is InChI=1S/C15H15F2N3O4S/c16-11-5-9(6-12(17)13(11)19-2-3-23-14(19)21)20-8-10(24-15(20)22)7-18-1-4-25/h4-6,10,18H,1-3,7-8H2/t10-/m0/s1. The Balaban J connectivity index is 1.78. The summed E-state index contributed by atoms with van der Waals surface area (Å²) in [5.74, 6) is -1.91. The summed E-state index contributed by atoms with van der Waals surface area (Å²) in [6.45, 7) is 1.12. The van der Waals surface area contributed by atoms with Crippen molar-refractivity contribution in [2.45, 2.75) is 6.10 Å². The minimum absolute atomic E-state index is 0.0219. The van der Waals surface area contributed by atoms with Gasteiger partial charge in [-0.2, -0.15) is 0 Å². The molecule has 1 aromatic carbocycles. The zero-order chi connectivity index (χ0) is 18.0. The van der Waals surface area contributed by atoms with Crippen molar-refractivity contribution in [2.75, 3.05) is 42.6 Å². The van der Waals surface area contributed by atoms with Crippen LogP contribution in [0.5, 0.6) is 0 Å². The number of halogens is 2. The quantitative estimate of drug-likeness (QED) is 0.608. The van der Waals surface area contributed by atoms with Crippen LogP contribution in [0.1, 0.15) is 0 Å². The highest BCUT2D eigenvalue weighted by atomic mass is 32.1. The van der Waals surface area contributed by atoms with E-state index in [9.17, 15) is 18.4 Å². The summed E-state index contributed by atoms with van der Waals surface area (Å²) in [6.07, 6.45) is -1.96. The monoisotopic (exact) mass is 371 g/mol. The second-order valence-corrected chi connectivity index (χ2v) is 5.80. The van der Waals surface area contributed by atoms with E-state index in [0.29, 0.717) is 13.1 Å². The van der Waals surface area contributed by atoms with Gasteiger partial charge in [0.25, 0.3) is 0 Å². The summed E-state index contributed by atoms with van der Waals surface area (Å²) < 4.78 is 38.6. The molecule has 0 bridgehead atoms. The van der Waals surface area contributed by atoms with Crippen LogP contribution in [0.4, 0.5) is 29.7 Å². The second-order valence-electron chi connectivity index (χ2n) is 5.47. The molecule has 0 radical (unpaired) electrons. The van der Waals surface area contributed by atoms with E-state index in [1.54, 1.807) is 0 Å². The van der Waals surface area contributed by atoms with Crippen molar-refractivity contribution in [2.24, 2.45) is 0 Å². The summed E-state index contributed by atoms with van der Waals surface area (Å²) in [6, 6.07) is 2.00. The van der Waals surface area contributed by atoms with Crippen LogP contribution >= 0.6 is 12.2 Å². The van der Waals surface area contributed by atoms with Gasteiger partial charge >= 0.3 is 12.2 Å². The maximum Gasteiger partial charge on any atom is 0.414 e. The van der Waals surface area contributed by atoms with Crippen LogP contribution in [0.25, 0.3) is 0 Å². The Morgan fingerprint density at radius 2 is 1.96 bits per heavy atom. The summed E-state index contributed by atoms with van der Waals surface area (Å²) in [7, 11) is 0. The molecule has 0 saturated carbocycles. The number of ether oxygens (including phenoxy) is 2. The fourth-order valence-electron chi connectivity index (χ4n) is 2.70. The van der Waals surface area contributed by atoms with Crippen LogP contribution in [0, 0.1) is 11.6 Å². The maximum atomic E-state index is 14.4. The van der Waals surface area contributed by atoms with E-state index in [0.717, 1.165) is 21.9 Å². The molecule has 2 heterocycles. The number of hydrogen-bond acceptors (Lipinski definition) is 6. The minimum Gasteiger partial charge on any atom is -0.447 e. The lowest BCUT2D eigenvalue weighted by atomic mass is 10.2. The zero-order valence-electron chi connectivity index (χ0n) is 13.0. The van der Waals surface area contributed by atoms with E-state index in [4.69, 9.17) is 4.74 Å². The van der Waals surface area contributed by atoms with Gasteiger partial charge < -0.3 is 14.8 Å². The lowest BCUT2D eigenvalue weighted by molar-refractivity contribution is 0.141. The Morgan fingerprint density at radius 3 is 2.56 bits per heavy atom. The van der Waals surface area contributed by atoms with Gasteiger partial charge in [-0.25, -0.2) is 18.4 Å². The van der Waals surface area contributed by atoms with E-state index >= 15 is 0 Å². The van der Waals surface area contributed by atoms with Crippen molar-refractivity contribution in [1.29, 1.82) is 0 Å². The number of hydrogen-bond donors (Lipinski definition) is 1. The van der Waals surface area contributed by atoms with E-state index in [1.165, 1.54) is 5.37 Å².